The van der Waals surface area contributed by atoms with Gasteiger partial charge in [-0.2, -0.15) is 0 Å². The molecule has 0 spiro atoms. The number of benzene rings is 1. The van der Waals surface area contributed by atoms with Crippen LogP contribution in [0.5, 0.6) is 0 Å². The van der Waals surface area contributed by atoms with Crippen molar-refractivity contribution in [2.24, 2.45) is 5.73 Å². The molecule has 1 saturated heterocycles. The first-order valence-electron chi connectivity index (χ1n) is 7.75. The lowest BCUT2D eigenvalue weighted by Gasteiger charge is -2.44. The number of likely N-dealkylation sites (tertiary alicyclic amines) is 1. The van der Waals surface area contributed by atoms with Crippen LogP contribution in [0, 0.1) is 0 Å². The van der Waals surface area contributed by atoms with Crippen LogP contribution in [-0.4, -0.2) is 35.1 Å². The second kappa shape index (κ2) is 4.34. The summed E-state index contributed by atoms with van der Waals surface area (Å²) in [7, 11) is 2.23. The highest BCUT2D eigenvalue weighted by atomic mass is 15.2. The van der Waals surface area contributed by atoms with Gasteiger partial charge < -0.3 is 15.2 Å². The summed E-state index contributed by atoms with van der Waals surface area (Å²) in [5.74, 6) is 0.604. The number of hydrogen-bond donors (Lipinski definition) is 1. The van der Waals surface area contributed by atoms with Crippen LogP contribution < -0.4 is 5.73 Å². The SMILES string of the molecule is CCn1cc2c3c(cccc31)[C@H]1CC(N)CN(C)[C@@H]1C2. The highest BCUT2D eigenvalue weighted by Crippen LogP contribution is 2.43. The molecule has 1 aliphatic heterocycles. The maximum absolute atomic E-state index is 6.26. The van der Waals surface area contributed by atoms with Gasteiger partial charge in [-0.15, -0.1) is 0 Å². The molecule has 1 aromatic heterocycles. The lowest BCUT2D eigenvalue weighted by molar-refractivity contribution is 0.141. The van der Waals surface area contributed by atoms with Crippen LogP contribution >= 0.6 is 0 Å². The van der Waals surface area contributed by atoms with Gasteiger partial charge in [0.15, 0.2) is 0 Å². The Labute approximate surface area is 120 Å². The van der Waals surface area contributed by atoms with Gasteiger partial charge in [-0.05, 0) is 44.0 Å². The fourth-order valence-corrected chi connectivity index (χ4v) is 4.42. The van der Waals surface area contributed by atoms with E-state index in [0.29, 0.717) is 18.0 Å². The van der Waals surface area contributed by atoms with Gasteiger partial charge in [0.05, 0.1) is 0 Å². The summed E-state index contributed by atoms with van der Waals surface area (Å²) < 4.78 is 2.39. The molecule has 4 rings (SSSR count). The molecule has 106 valence electrons. The van der Waals surface area contributed by atoms with Gasteiger partial charge in [-0.1, -0.05) is 12.1 Å². The summed E-state index contributed by atoms with van der Waals surface area (Å²) in [4.78, 5) is 2.48. The second-order valence-corrected chi connectivity index (χ2v) is 6.50. The molecule has 0 bridgehead atoms. The average Bonchev–Trinajstić information content (AvgIpc) is 2.80. The average molecular weight is 269 g/mol. The van der Waals surface area contributed by atoms with E-state index in [1.807, 2.05) is 0 Å². The molecule has 1 aromatic carbocycles. The molecule has 1 aliphatic carbocycles. The number of hydrogen-bond acceptors (Lipinski definition) is 2. The van der Waals surface area contributed by atoms with E-state index in [1.165, 1.54) is 28.5 Å². The third-order valence-corrected chi connectivity index (χ3v) is 5.30. The Morgan fingerprint density at radius 2 is 2.20 bits per heavy atom. The molecular weight excluding hydrogens is 246 g/mol. The highest BCUT2D eigenvalue weighted by molar-refractivity contribution is 5.89. The summed E-state index contributed by atoms with van der Waals surface area (Å²) in [6.45, 7) is 4.30. The third kappa shape index (κ3) is 1.60. The van der Waals surface area contributed by atoms with E-state index in [4.69, 9.17) is 5.73 Å². The molecule has 0 saturated carbocycles. The predicted molar refractivity (Wildman–Crippen MR) is 83.1 cm³/mol. The van der Waals surface area contributed by atoms with Crippen molar-refractivity contribution >= 4 is 10.9 Å². The molecule has 3 nitrogen and oxygen atoms in total. The summed E-state index contributed by atoms with van der Waals surface area (Å²) >= 11 is 0. The van der Waals surface area contributed by atoms with E-state index >= 15 is 0 Å². The van der Waals surface area contributed by atoms with Gasteiger partial charge in [0.1, 0.15) is 0 Å². The topological polar surface area (TPSA) is 34.2 Å². The lowest BCUT2D eigenvalue weighted by atomic mass is 9.74. The Balaban J connectivity index is 1.93. The van der Waals surface area contributed by atoms with Crippen LogP contribution in [-0.2, 0) is 13.0 Å². The molecular formula is C17H23N3. The van der Waals surface area contributed by atoms with Crippen LogP contribution in [0.2, 0.25) is 0 Å². The van der Waals surface area contributed by atoms with E-state index in [-0.39, 0.29) is 0 Å². The lowest BCUT2D eigenvalue weighted by Crippen LogP contribution is -2.52. The van der Waals surface area contributed by atoms with E-state index < -0.39 is 0 Å². The van der Waals surface area contributed by atoms with Crippen molar-refractivity contribution in [3.05, 3.63) is 35.5 Å². The molecule has 2 aliphatic rings. The molecule has 2 heterocycles. The quantitative estimate of drug-likeness (QED) is 0.862. The minimum atomic E-state index is 0.311. The minimum Gasteiger partial charge on any atom is -0.347 e. The minimum absolute atomic E-state index is 0.311. The number of nitrogens with two attached hydrogens (primary N) is 1. The molecule has 3 atom stereocenters. The van der Waals surface area contributed by atoms with Gasteiger partial charge >= 0.3 is 0 Å². The maximum Gasteiger partial charge on any atom is 0.0485 e. The number of nitrogens with zero attached hydrogens (tertiary/aromatic N) is 2. The zero-order valence-corrected chi connectivity index (χ0v) is 12.3. The van der Waals surface area contributed by atoms with Crippen LogP contribution in [0.15, 0.2) is 24.4 Å². The first-order valence-corrected chi connectivity index (χ1v) is 7.75. The Morgan fingerprint density at radius 1 is 1.35 bits per heavy atom. The van der Waals surface area contributed by atoms with Crippen molar-refractivity contribution in [2.45, 2.75) is 44.3 Å². The molecule has 1 unspecified atom stereocenters. The smallest absolute Gasteiger partial charge is 0.0485 e. The summed E-state index contributed by atoms with van der Waals surface area (Å²) in [5.41, 5.74) is 10.7. The van der Waals surface area contributed by atoms with Gasteiger partial charge in [-0.3, -0.25) is 0 Å². The van der Waals surface area contributed by atoms with Crippen molar-refractivity contribution in [2.75, 3.05) is 13.6 Å². The molecule has 2 N–H and O–H groups in total. The van der Waals surface area contributed by atoms with Crippen LogP contribution in [0.3, 0.4) is 0 Å². The van der Waals surface area contributed by atoms with E-state index in [1.54, 1.807) is 0 Å². The number of fused-ring (bicyclic) bond motifs is 2. The third-order valence-electron chi connectivity index (χ3n) is 5.30. The van der Waals surface area contributed by atoms with Crippen molar-refractivity contribution in [1.82, 2.24) is 9.47 Å². The number of aromatic nitrogens is 1. The molecule has 3 heteroatoms. The van der Waals surface area contributed by atoms with Crippen LogP contribution in [0.25, 0.3) is 10.9 Å². The highest BCUT2D eigenvalue weighted by Gasteiger charge is 2.38. The van der Waals surface area contributed by atoms with Crippen molar-refractivity contribution in [3.8, 4) is 0 Å². The number of likely N-dealkylation sites (N-methyl/N-ethyl adjacent to an activating group) is 1. The molecule has 2 aromatic rings. The first kappa shape index (κ1) is 12.4. The Morgan fingerprint density at radius 3 is 3.00 bits per heavy atom. The maximum atomic E-state index is 6.26. The molecule has 0 amide bonds. The zero-order valence-electron chi connectivity index (χ0n) is 12.3. The molecule has 20 heavy (non-hydrogen) atoms. The van der Waals surface area contributed by atoms with Gasteiger partial charge in [0.25, 0.3) is 0 Å². The number of aryl methyl sites for hydroxylation is 1. The monoisotopic (exact) mass is 269 g/mol. The van der Waals surface area contributed by atoms with Crippen molar-refractivity contribution in [3.63, 3.8) is 0 Å². The fraction of sp³-hybridized carbons (Fsp3) is 0.529. The van der Waals surface area contributed by atoms with Gasteiger partial charge in [-0.25, -0.2) is 0 Å². The molecule has 0 radical (unpaired) electrons. The summed E-state index contributed by atoms with van der Waals surface area (Å²) in [5, 5.41) is 1.51. The predicted octanol–water partition coefficient (Wildman–Crippen LogP) is 2.33. The first-order chi connectivity index (χ1) is 9.69. The standard InChI is InChI=1S/C17H23N3/c1-3-20-9-11-7-16-14(8-12(18)10-19(16)2)13-5-4-6-15(20)17(11)13/h4-6,9,12,14,16H,3,7-8,10,18H2,1-2H3/t12?,14-,16-/m1/s1. The van der Waals surface area contributed by atoms with Gasteiger partial charge in [0.2, 0.25) is 0 Å². The Kier molecular flexibility index (Phi) is 2.69. The van der Waals surface area contributed by atoms with E-state index in [9.17, 15) is 0 Å². The summed E-state index contributed by atoms with van der Waals surface area (Å²) in [6, 6.07) is 7.75. The number of piperidine rings is 1. The second-order valence-electron chi connectivity index (χ2n) is 6.50. The Bertz CT molecular complexity index is 658. The zero-order chi connectivity index (χ0) is 13.9. The van der Waals surface area contributed by atoms with Gasteiger partial charge in [0, 0.05) is 48.2 Å². The van der Waals surface area contributed by atoms with Crippen LogP contribution in [0.4, 0.5) is 0 Å². The Hall–Kier alpha value is -1.32. The number of rotatable bonds is 1. The largest absolute Gasteiger partial charge is 0.347 e. The van der Waals surface area contributed by atoms with E-state index in [2.05, 4.69) is 47.8 Å². The van der Waals surface area contributed by atoms with E-state index in [0.717, 1.165) is 19.5 Å². The molecule has 1 fully saturated rings. The van der Waals surface area contributed by atoms with Crippen molar-refractivity contribution in [1.29, 1.82) is 0 Å². The van der Waals surface area contributed by atoms with Crippen molar-refractivity contribution < 1.29 is 0 Å². The fourth-order valence-electron chi connectivity index (χ4n) is 4.42. The normalized spacial score (nSPS) is 29.6. The van der Waals surface area contributed by atoms with Crippen LogP contribution in [0.1, 0.15) is 30.4 Å². The summed E-state index contributed by atoms with van der Waals surface area (Å²) in [6.07, 6.45) is 4.67.